The predicted molar refractivity (Wildman–Crippen MR) is 73.0 cm³/mol. The molecular formula is C16H22N+. The molecule has 0 N–H and O–H groups in total. The van der Waals surface area contributed by atoms with Crippen LogP contribution in [0.4, 0.5) is 0 Å². The molecule has 1 heteroatoms. The molecule has 0 unspecified atom stereocenters. The first-order valence-electron chi connectivity index (χ1n) is 6.62. The molecule has 0 atom stereocenters. The van der Waals surface area contributed by atoms with Crippen molar-refractivity contribution < 1.29 is 4.57 Å². The lowest BCUT2D eigenvalue weighted by Crippen LogP contribution is -2.37. The van der Waals surface area contributed by atoms with Crippen LogP contribution in [0.1, 0.15) is 32.9 Å². The monoisotopic (exact) mass is 228 g/mol. The molecule has 0 aliphatic carbocycles. The smallest absolute Gasteiger partial charge is 0.189 e. The zero-order valence-corrected chi connectivity index (χ0v) is 11.1. The average molecular weight is 228 g/mol. The molecule has 0 aliphatic heterocycles. The lowest BCUT2D eigenvalue weighted by Gasteiger charge is -2.08. The third-order valence-electron chi connectivity index (χ3n) is 3.35. The average Bonchev–Trinajstić information content (AvgIpc) is 2.35. The van der Waals surface area contributed by atoms with Gasteiger partial charge in [0, 0.05) is 17.9 Å². The first-order valence-corrected chi connectivity index (χ1v) is 6.62. The van der Waals surface area contributed by atoms with Gasteiger partial charge in [0.2, 0.25) is 0 Å². The van der Waals surface area contributed by atoms with Gasteiger partial charge in [0.05, 0.1) is 0 Å². The molecule has 0 radical (unpaired) electrons. The minimum absolute atomic E-state index is 0.763. The Morgan fingerprint density at radius 1 is 1.12 bits per heavy atom. The van der Waals surface area contributed by atoms with E-state index in [0.29, 0.717) is 0 Å². The fraction of sp³-hybridized carbons (Fsp3) is 0.438. The van der Waals surface area contributed by atoms with Crippen LogP contribution in [0, 0.1) is 5.92 Å². The number of hydrogen-bond donors (Lipinski definition) is 0. The molecule has 0 saturated heterocycles. The number of nitrogens with zero attached hydrogens (tertiary/aromatic N) is 1. The minimum atomic E-state index is 0.763. The molecule has 1 heterocycles. The Balaban J connectivity index is 2.47. The van der Waals surface area contributed by atoms with Gasteiger partial charge < -0.3 is 0 Å². The molecule has 0 amide bonds. The van der Waals surface area contributed by atoms with E-state index in [2.05, 4.69) is 61.9 Å². The van der Waals surface area contributed by atoms with Gasteiger partial charge in [-0.3, -0.25) is 0 Å². The Bertz CT molecular complexity index is 500. The number of aromatic nitrogens is 1. The summed E-state index contributed by atoms with van der Waals surface area (Å²) in [5.74, 6) is 0.763. The molecule has 0 spiro atoms. The molecule has 90 valence electrons. The maximum Gasteiger partial charge on any atom is 0.189 e. The molecule has 0 saturated carbocycles. The van der Waals surface area contributed by atoms with E-state index in [4.69, 9.17) is 0 Å². The normalized spacial score (nSPS) is 11.3. The quantitative estimate of drug-likeness (QED) is 0.702. The van der Waals surface area contributed by atoms with Gasteiger partial charge in [0.25, 0.3) is 0 Å². The molecule has 2 aromatic rings. The first kappa shape index (κ1) is 12.1. The van der Waals surface area contributed by atoms with Crippen LogP contribution in [0.3, 0.4) is 0 Å². The van der Waals surface area contributed by atoms with E-state index in [1.165, 1.54) is 29.3 Å². The van der Waals surface area contributed by atoms with Gasteiger partial charge in [-0.1, -0.05) is 32.0 Å². The summed E-state index contributed by atoms with van der Waals surface area (Å²) < 4.78 is 2.38. The van der Waals surface area contributed by atoms with Crippen molar-refractivity contribution in [1.82, 2.24) is 0 Å². The lowest BCUT2D eigenvalue weighted by atomic mass is 10.0. The molecule has 2 rings (SSSR count). The van der Waals surface area contributed by atoms with Crippen molar-refractivity contribution in [3.05, 3.63) is 42.2 Å². The van der Waals surface area contributed by atoms with E-state index >= 15 is 0 Å². The highest BCUT2D eigenvalue weighted by Crippen LogP contribution is 2.18. The Labute approximate surface area is 104 Å². The minimum Gasteiger partial charge on any atom is -0.202 e. The third kappa shape index (κ3) is 2.66. The fourth-order valence-electron chi connectivity index (χ4n) is 2.32. The Hall–Kier alpha value is -1.37. The van der Waals surface area contributed by atoms with Crippen molar-refractivity contribution in [1.29, 1.82) is 0 Å². The number of pyridine rings is 1. The van der Waals surface area contributed by atoms with E-state index in [0.717, 1.165) is 12.5 Å². The van der Waals surface area contributed by atoms with E-state index < -0.39 is 0 Å². The van der Waals surface area contributed by atoms with Crippen molar-refractivity contribution in [3.8, 4) is 0 Å². The van der Waals surface area contributed by atoms with Gasteiger partial charge in [-0.25, -0.2) is 4.57 Å². The highest BCUT2D eigenvalue weighted by molar-refractivity contribution is 5.83. The zero-order chi connectivity index (χ0) is 12.3. The van der Waals surface area contributed by atoms with Crippen LogP contribution in [0.2, 0.25) is 0 Å². The van der Waals surface area contributed by atoms with Crippen LogP contribution in [0.5, 0.6) is 0 Å². The van der Waals surface area contributed by atoms with E-state index in [-0.39, 0.29) is 0 Å². The molecule has 1 aromatic heterocycles. The summed E-state index contributed by atoms with van der Waals surface area (Å²) in [5, 5.41) is 2.77. The molecule has 1 aromatic carbocycles. The maximum atomic E-state index is 2.38. The SMILES string of the molecule is CC[n+]1ccc2ccccc2c1CCC(C)C. The third-order valence-corrected chi connectivity index (χ3v) is 3.35. The second-order valence-corrected chi connectivity index (χ2v) is 5.07. The van der Waals surface area contributed by atoms with E-state index in [1.807, 2.05) is 0 Å². The van der Waals surface area contributed by atoms with Crippen LogP contribution in [-0.2, 0) is 13.0 Å². The highest BCUT2D eigenvalue weighted by Gasteiger charge is 2.13. The van der Waals surface area contributed by atoms with Crippen molar-refractivity contribution in [2.24, 2.45) is 5.92 Å². The van der Waals surface area contributed by atoms with Gasteiger partial charge in [0.15, 0.2) is 11.9 Å². The van der Waals surface area contributed by atoms with Crippen molar-refractivity contribution in [2.75, 3.05) is 0 Å². The number of hydrogen-bond acceptors (Lipinski definition) is 0. The van der Waals surface area contributed by atoms with Crippen LogP contribution in [0.15, 0.2) is 36.5 Å². The number of benzene rings is 1. The van der Waals surface area contributed by atoms with Gasteiger partial charge in [-0.2, -0.15) is 0 Å². The Morgan fingerprint density at radius 2 is 1.88 bits per heavy atom. The number of rotatable bonds is 4. The topological polar surface area (TPSA) is 3.88 Å². The van der Waals surface area contributed by atoms with Gasteiger partial charge >= 0.3 is 0 Å². The first-order chi connectivity index (χ1) is 8.22. The van der Waals surface area contributed by atoms with Gasteiger partial charge in [0.1, 0.15) is 6.54 Å². The summed E-state index contributed by atoms with van der Waals surface area (Å²) in [6.45, 7) is 7.86. The van der Waals surface area contributed by atoms with Gasteiger partial charge in [-0.15, -0.1) is 0 Å². The summed E-state index contributed by atoms with van der Waals surface area (Å²) in [4.78, 5) is 0. The van der Waals surface area contributed by atoms with Crippen molar-refractivity contribution >= 4 is 10.8 Å². The van der Waals surface area contributed by atoms with Gasteiger partial charge in [-0.05, 0) is 30.7 Å². The molecule has 17 heavy (non-hydrogen) atoms. The molecule has 0 fully saturated rings. The lowest BCUT2D eigenvalue weighted by molar-refractivity contribution is -0.699. The summed E-state index contributed by atoms with van der Waals surface area (Å²) in [7, 11) is 0. The van der Waals surface area contributed by atoms with Crippen molar-refractivity contribution in [2.45, 2.75) is 40.2 Å². The van der Waals surface area contributed by atoms with Crippen LogP contribution in [0.25, 0.3) is 10.8 Å². The van der Waals surface area contributed by atoms with E-state index in [1.54, 1.807) is 0 Å². The standard InChI is InChI=1S/C16H22N/c1-4-17-12-11-14-7-5-6-8-15(14)16(17)10-9-13(2)3/h5-8,11-13H,4,9-10H2,1-3H3/q+1. The number of aryl methyl sites for hydroxylation is 2. The van der Waals surface area contributed by atoms with Crippen LogP contribution < -0.4 is 4.57 Å². The summed E-state index contributed by atoms with van der Waals surface area (Å²) in [6.07, 6.45) is 4.65. The van der Waals surface area contributed by atoms with E-state index in [9.17, 15) is 0 Å². The highest BCUT2D eigenvalue weighted by atomic mass is 14.9. The van der Waals surface area contributed by atoms with Crippen LogP contribution >= 0.6 is 0 Å². The fourth-order valence-corrected chi connectivity index (χ4v) is 2.32. The predicted octanol–water partition coefficient (Wildman–Crippen LogP) is 3.74. The van der Waals surface area contributed by atoms with Crippen molar-refractivity contribution in [3.63, 3.8) is 0 Å². The number of fused-ring (bicyclic) bond motifs is 1. The second-order valence-electron chi connectivity index (χ2n) is 5.07. The maximum absolute atomic E-state index is 2.38. The zero-order valence-electron chi connectivity index (χ0n) is 11.1. The summed E-state index contributed by atoms with van der Waals surface area (Å²) in [5.41, 5.74) is 1.49. The Morgan fingerprint density at radius 3 is 2.59 bits per heavy atom. The molecule has 0 aliphatic rings. The van der Waals surface area contributed by atoms with Crippen LogP contribution in [-0.4, -0.2) is 0 Å². The summed E-state index contributed by atoms with van der Waals surface area (Å²) in [6, 6.07) is 10.9. The largest absolute Gasteiger partial charge is 0.202 e. The second kappa shape index (κ2) is 5.31. The summed E-state index contributed by atoms with van der Waals surface area (Å²) >= 11 is 0. The molecule has 1 nitrogen and oxygen atoms in total. The Kier molecular flexibility index (Phi) is 3.78. The molecular weight excluding hydrogens is 206 g/mol. The molecule has 0 bridgehead atoms.